The van der Waals surface area contributed by atoms with Crippen LogP contribution in [0.5, 0.6) is 0 Å². The number of amides is 1. The summed E-state index contributed by atoms with van der Waals surface area (Å²) in [7, 11) is 0. The Morgan fingerprint density at radius 2 is 2.00 bits per heavy atom. The van der Waals surface area contributed by atoms with Gasteiger partial charge in [0.05, 0.1) is 5.69 Å². The average molecular weight is 318 g/mol. The van der Waals surface area contributed by atoms with Gasteiger partial charge in [0, 0.05) is 25.3 Å². The van der Waals surface area contributed by atoms with Crippen LogP contribution in [0.1, 0.15) is 33.6 Å². The molecule has 2 heterocycles. The van der Waals surface area contributed by atoms with E-state index in [0.717, 1.165) is 31.6 Å². The van der Waals surface area contributed by atoms with E-state index >= 15 is 0 Å². The number of alkyl carbamates (subject to hydrolysis) is 1. The minimum atomic E-state index is -0.464. The number of piperidine rings is 1. The van der Waals surface area contributed by atoms with Crippen LogP contribution in [-0.4, -0.2) is 35.8 Å². The van der Waals surface area contributed by atoms with Crippen molar-refractivity contribution in [3.63, 3.8) is 0 Å². The average Bonchev–Trinajstić information content (AvgIpc) is 2.68. The quantitative estimate of drug-likeness (QED) is 0.875. The molecule has 2 fully saturated rings. The predicted molar refractivity (Wildman–Crippen MR) is 90.2 cm³/mol. The third kappa shape index (κ3) is 3.51. The lowest BCUT2D eigenvalue weighted by atomic mass is 9.92. The van der Waals surface area contributed by atoms with Crippen LogP contribution < -0.4 is 16.0 Å². The van der Waals surface area contributed by atoms with Crippen LogP contribution in [0.15, 0.2) is 18.3 Å². The van der Waals surface area contributed by atoms with Crippen LogP contribution in [0.3, 0.4) is 0 Å². The molecule has 2 atom stereocenters. The zero-order valence-corrected chi connectivity index (χ0v) is 14.1. The Morgan fingerprint density at radius 1 is 1.35 bits per heavy atom. The molecule has 126 valence electrons. The van der Waals surface area contributed by atoms with Gasteiger partial charge in [-0.2, -0.15) is 0 Å². The fourth-order valence-electron chi connectivity index (χ4n) is 3.78. The van der Waals surface area contributed by atoms with E-state index in [1.165, 1.54) is 0 Å². The highest BCUT2D eigenvalue weighted by atomic mass is 16.6. The molecule has 1 aromatic heterocycles. The number of carbonyl (C=O) groups excluding carboxylic acids is 1. The van der Waals surface area contributed by atoms with E-state index in [4.69, 9.17) is 10.5 Å². The summed E-state index contributed by atoms with van der Waals surface area (Å²) in [5.74, 6) is 1.44. The molecule has 1 aliphatic heterocycles. The topological polar surface area (TPSA) is 80.5 Å². The molecule has 2 bridgehead atoms. The van der Waals surface area contributed by atoms with E-state index in [0.29, 0.717) is 17.7 Å². The van der Waals surface area contributed by atoms with E-state index < -0.39 is 5.60 Å². The number of carbonyl (C=O) groups is 1. The molecule has 2 unspecified atom stereocenters. The summed E-state index contributed by atoms with van der Waals surface area (Å²) in [4.78, 5) is 18.6. The van der Waals surface area contributed by atoms with Crippen LogP contribution >= 0.6 is 0 Å². The number of anilines is 2. The Kier molecular flexibility index (Phi) is 4.08. The zero-order chi connectivity index (χ0) is 16.6. The van der Waals surface area contributed by atoms with Crippen molar-refractivity contribution in [1.82, 2.24) is 10.3 Å². The van der Waals surface area contributed by atoms with Gasteiger partial charge in [0.15, 0.2) is 0 Å². The van der Waals surface area contributed by atoms with Gasteiger partial charge in [-0.3, -0.25) is 0 Å². The lowest BCUT2D eigenvalue weighted by Crippen LogP contribution is -2.53. The number of nitrogens with one attached hydrogen (secondary N) is 1. The Bertz CT molecular complexity index is 570. The van der Waals surface area contributed by atoms with Gasteiger partial charge in [0.1, 0.15) is 11.4 Å². The number of hydrogen-bond acceptors (Lipinski definition) is 5. The fourth-order valence-corrected chi connectivity index (χ4v) is 3.78. The highest BCUT2D eigenvalue weighted by Crippen LogP contribution is 2.39. The predicted octanol–water partition coefficient (Wildman–Crippen LogP) is 2.40. The first-order valence-corrected chi connectivity index (χ1v) is 8.28. The van der Waals surface area contributed by atoms with Crippen molar-refractivity contribution >= 4 is 17.6 Å². The van der Waals surface area contributed by atoms with E-state index in [1.54, 1.807) is 6.20 Å². The molecule has 3 N–H and O–H groups in total. The Balaban J connectivity index is 1.66. The van der Waals surface area contributed by atoms with Crippen molar-refractivity contribution < 1.29 is 9.53 Å². The Morgan fingerprint density at radius 3 is 2.57 bits per heavy atom. The summed E-state index contributed by atoms with van der Waals surface area (Å²) in [6.07, 6.45) is 3.65. The SMILES string of the molecule is CC(C)(C)OC(=O)NC1C2CCC1CN(c1cccnc1N)C2. The van der Waals surface area contributed by atoms with Gasteiger partial charge in [0.2, 0.25) is 0 Å². The molecule has 1 aliphatic carbocycles. The summed E-state index contributed by atoms with van der Waals surface area (Å²) in [5.41, 5.74) is 6.54. The molecular formula is C17H26N4O2. The van der Waals surface area contributed by atoms with Crippen molar-refractivity contribution in [3.8, 4) is 0 Å². The number of fused-ring (bicyclic) bond motifs is 2. The number of nitrogens with zero attached hydrogens (tertiary/aromatic N) is 2. The van der Waals surface area contributed by atoms with Gasteiger partial charge < -0.3 is 20.7 Å². The summed E-state index contributed by atoms with van der Waals surface area (Å²) < 4.78 is 5.40. The van der Waals surface area contributed by atoms with Crippen molar-refractivity contribution in [2.24, 2.45) is 11.8 Å². The van der Waals surface area contributed by atoms with Crippen molar-refractivity contribution in [2.75, 3.05) is 23.7 Å². The molecule has 1 amide bonds. The first-order chi connectivity index (χ1) is 10.8. The number of nitrogens with two attached hydrogens (primary N) is 1. The monoisotopic (exact) mass is 318 g/mol. The van der Waals surface area contributed by atoms with Crippen LogP contribution in [0, 0.1) is 11.8 Å². The maximum Gasteiger partial charge on any atom is 0.407 e. The molecule has 1 saturated carbocycles. The highest BCUT2D eigenvalue weighted by Gasteiger charge is 2.43. The van der Waals surface area contributed by atoms with E-state index in [-0.39, 0.29) is 12.1 Å². The first-order valence-electron chi connectivity index (χ1n) is 8.28. The van der Waals surface area contributed by atoms with E-state index in [2.05, 4.69) is 15.2 Å². The molecule has 23 heavy (non-hydrogen) atoms. The number of pyridine rings is 1. The van der Waals surface area contributed by atoms with Crippen LogP contribution in [-0.2, 0) is 4.74 Å². The van der Waals surface area contributed by atoms with Gasteiger partial charge in [-0.05, 0) is 57.6 Å². The number of ether oxygens (including phenoxy) is 1. The van der Waals surface area contributed by atoms with Crippen LogP contribution in [0.4, 0.5) is 16.3 Å². The lowest BCUT2D eigenvalue weighted by molar-refractivity contribution is 0.0472. The molecular weight excluding hydrogens is 292 g/mol. The number of rotatable bonds is 2. The van der Waals surface area contributed by atoms with Gasteiger partial charge in [-0.15, -0.1) is 0 Å². The summed E-state index contributed by atoms with van der Waals surface area (Å²) >= 11 is 0. The maximum atomic E-state index is 12.1. The fraction of sp³-hybridized carbons (Fsp3) is 0.647. The normalized spacial score (nSPS) is 26.9. The zero-order valence-electron chi connectivity index (χ0n) is 14.1. The second-order valence-electron chi connectivity index (χ2n) is 7.58. The smallest absolute Gasteiger partial charge is 0.407 e. The van der Waals surface area contributed by atoms with Gasteiger partial charge in [-0.25, -0.2) is 9.78 Å². The second kappa shape index (κ2) is 5.91. The third-order valence-electron chi connectivity index (χ3n) is 4.67. The van der Waals surface area contributed by atoms with E-state index in [1.807, 2.05) is 32.9 Å². The number of nitrogen functional groups attached to an aromatic ring is 1. The highest BCUT2D eigenvalue weighted by molar-refractivity contribution is 5.68. The largest absolute Gasteiger partial charge is 0.444 e. The van der Waals surface area contributed by atoms with Crippen molar-refractivity contribution in [3.05, 3.63) is 18.3 Å². The standard InChI is InChI=1S/C17H26N4O2/c1-17(2,3)23-16(22)20-14-11-6-7-12(14)10-21(9-11)13-5-4-8-19-15(13)18/h4-5,8,11-12,14H,6-7,9-10H2,1-3H3,(H2,18,19)(H,20,22). The minimum Gasteiger partial charge on any atom is -0.444 e. The molecule has 2 aliphatic rings. The summed E-state index contributed by atoms with van der Waals surface area (Å²) in [5, 5.41) is 3.09. The van der Waals surface area contributed by atoms with Crippen LogP contribution in [0.25, 0.3) is 0 Å². The molecule has 0 spiro atoms. The van der Waals surface area contributed by atoms with Gasteiger partial charge in [-0.1, -0.05) is 0 Å². The minimum absolute atomic E-state index is 0.194. The molecule has 3 rings (SSSR count). The second-order valence-corrected chi connectivity index (χ2v) is 7.58. The molecule has 6 heteroatoms. The number of hydrogen-bond donors (Lipinski definition) is 2. The molecule has 6 nitrogen and oxygen atoms in total. The van der Waals surface area contributed by atoms with Crippen molar-refractivity contribution in [2.45, 2.75) is 45.3 Å². The van der Waals surface area contributed by atoms with Gasteiger partial charge >= 0.3 is 6.09 Å². The van der Waals surface area contributed by atoms with Crippen molar-refractivity contribution in [1.29, 1.82) is 0 Å². The summed E-state index contributed by atoms with van der Waals surface area (Å²) in [6, 6.07) is 4.13. The maximum absolute atomic E-state index is 12.1. The third-order valence-corrected chi connectivity index (χ3v) is 4.67. The van der Waals surface area contributed by atoms with Crippen LogP contribution in [0.2, 0.25) is 0 Å². The molecule has 0 aromatic carbocycles. The number of aromatic nitrogens is 1. The molecule has 1 aromatic rings. The van der Waals surface area contributed by atoms with E-state index in [9.17, 15) is 4.79 Å². The lowest BCUT2D eigenvalue weighted by Gasteiger charge is -2.39. The van der Waals surface area contributed by atoms with Gasteiger partial charge in [0.25, 0.3) is 0 Å². The Labute approximate surface area is 137 Å². The first kappa shape index (κ1) is 15.9. The molecule has 0 radical (unpaired) electrons. The summed E-state index contributed by atoms with van der Waals surface area (Å²) in [6.45, 7) is 7.44. The molecule has 1 saturated heterocycles. The Hall–Kier alpha value is -1.98.